The van der Waals surface area contributed by atoms with Crippen molar-refractivity contribution in [2.75, 3.05) is 0 Å². The van der Waals surface area contributed by atoms with E-state index in [0.29, 0.717) is 0 Å². The van der Waals surface area contributed by atoms with E-state index in [9.17, 15) is 40.6 Å². The Labute approximate surface area is 165 Å². The molecule has 4 nitrogen and oxygen atoms in total. The van der Waals surface area contributed by atoms with Gasteiger partial charge in [-0.05, 0) is 24.3 Å². The third-order valence-corrected chi connectivity index (χ3v) is 4.83. The van der Waals surface area contributed by atoms with Gasteiger partial charge in [-0.3, -0.25) is 4.79 Å². The van der Waals surface area contributed by atoms with Crippen LogP contribution in [0.2, 0.25) is 5.02 Å². The van der Waals surface area contributed by atoms with Crippen LogP contribution >= 0.6 is 11.6 Å². The van der Waals surface area contributed by atoms with Crippen molar-refractivity contribution in [3.8, 4) is 0 Å². The molecule has 12 heteroatoms. The van der Waals surface area contributed by atoms with Crippen LogP contribution in [0.4, 0.5) is 30.7 Å². The second-order valence-corrected chi connectivity index (χ2v) is 8.00. The maximum absolute atomic E-state index is 14.2. The van der Waals surface area contributed by atoms with Gasteiger partial charge in [0.05, 0.1) is 0 Å². The van der Waals surface area contributed by atoms with Crippen LogP contribution in [0.15, 0.2) is 29.4 Å². The second-order valence-electron chi connectivity index (χ2n) is 7.56. The minimum atomic E-state index is -6.58. The van der Waals surface area contributed by atoms with Crippen LogP contribution < -0.4 is 0 Å². The van der Waals surface area contributed by atoms with Crippen molar-refractivity contribution in [3.63, 3.8) is 0 Å². The van der Waals surface area contributed by atoms with Crippen molar-refractivity contribution in [2.45, 2.75) is 50.9 Å². The zero-order valence-electron chi connectivity index (χ0n) is 15.3. The van der Waals surface area contributed by atoms with Gasteiger partial charge in [-0.2, -0.15) is 40.8 Å². The summed E-state index contributed by atoms with van der Waals surface area (Å²) in [5.41, 5.74) is -6.19. The van der Waals surface area contributed by atoms with Crippen LogP contribution in [-0.4, -0.2) is 45.5 Å². The maximum Gasteiger partial charge on any atom is 0.460 e. The van der Waals surface area contributed by atoms with Gasteiger partial charge in [0, 0.05) is 22.4 Å². The first kappa shape index (κ1) is 23.4. The second kappa shape index (κ2) is 6.83. The molecule has 1 N–H and O–H groups in total. The zero-order chi connectivity index (χ0) is 22.6. The first-order valence-electron chi connectivity index (χ1n) is 8.09. The largest absolute Gasteiger partial charge is 0.460 e. The Morgan fingerprint density at radius 2 is 1.55 bits per heavy atom. The van der Waals surface area contributed by atoms with Crippen LogP contribution in [0.5, 0.6) is 0 Å². The summed E-state index contributed by atoms with van der Waals surface area (Å²) in [5.74, 6) is -13.4. The van der Waals surface area contributed by atoms with Crippen molar-refractivity contribution < 1.29 is 40.6 Å². The van der Waals surface area contributed by atoms with E-state index in [0.717, 1.165) is 12.1 Å². The molecule has 0 saturated carbocycles. The lowest BCUT2D eigenvalue weighted by Crippen LogP contribution is -2.58. The van der Waals surface area contributed by atoms with E-state index in [1.807, 2.05) is 0 Å². The molecule has 1 aliphatic rings. The Bertz CT molecular complexity index is 832. The molecule has 1 aromatic rings. The molecule has 2 rings (SSSR count). The highest BCUT2D eigenvalue weighted by Crippen LogP contribution is 2.51. The van der Waals surface area contributed by atoms with Crippen LogP contribution in [0, 0.1) is 5.41 Å². The van der Waals surface area contributed by atoms with Crippen LogP contribution in [0.25, 0.3) is 0 Å². The Morgan fingerprint density at radius 1 is 1.07 bits per heavy atom. The van der Waals surface area contributed by atoms with Gasteiger partial charge in [0.15, 0.2) is 5.72 Å². The Morgan fingerprint density at radius 3 is 1.97 bits per heavy atom. The SMILES string of the molecule is CC(C)(C)C1(O)CC(C(F)(F)C(F)(F)C(F)(F)F)=NN1C(=O)c1ccc(Cl)cc1. The maximum atomic E-state index is 14.2. The number of hydrogen-bond donors (Lipinski definition) is 1. The standard InChI is InChI=1S/C17H16ClF7N2O2/c1-13(2,3)14(29)8-11(15(19,20)16(21,22)17(23,24)25)26-27(14)12(28)9-4-6-10(18)7-5-9/h4-7,29H,8H2,1-3H3. The third-order valence-electron chi connectivity index (χ3n) is 4.58. The first-order chi connectivity index (χ1) is 12.9. The minimum absolute atomic E-state index is 0.117. The molecule has 0 bridgehead atoms. The lowest BCUT2D eigenvalue weighted by atomic mass is 9.79. The number of hydrogen-bond acceptors (Lipinski definition) is 3. The summed E-state index contributed by atoms with van der Waals surface area (Å²) in [6, 6.07) is 4.84. The number of aliphatic hydroxyl groups is 1. The summed E-state index contributed by atoms with van der Waals surface area (Å²) in [5, 5.41) is 14.3. The summed E-state index contributed by atoms with van der Waals surface area (Å²) in [7, 11) is 0. The van der Waals surface area contributed by atoms with Gasteiger partial charge in [-0.25, -0.2) is 0 Å². The van der Waals surface area contributed by atoms with Gasteiger partial charge in [0.2, 0.25) is 0 Å². The van der Waals surface area contributed by atoms with Crippen LogP contribution in [0.3, 0.4) is 0 Å². The molecule has 162 valence electrons. The predicted octanol–water partition coefficient (Wildman–Crippen LogP) is 5.11. The molecule has 1 heterocycles. The lowest BCUT2D eigenvalue weighted by Gasteiger charge is -2.41. The number of halogens is 8. The van der Waals surface area contributed by atoms with Crippen molar-refractivity contribution >= 4 is 23.2 Å². The Balaban J connectivity index is 2.59. The topological polar surface area (TPSA) is 52.9 Å². The summed E-state index contributed by atoms with van der Waals surface area (Å²) in [6.07, 6.45) is -7.99. The highest BCUT2D eigenvalue weighted by Gasteiger charge is 2.76. The number of hydrazone groups is 1. The molecule has 1 atom stereocenters. The van der Waals surface area contributed by atoms with Gasteiger partial charge in [-0.1, -0.05) is 32.4 Å². The summed E-state index contributed by atoms with van der Waals surface area (Å²) >= 11 is 5.69. The summed E-state index contributed by atoms with van der Waals surface area (Å²) in [6.45, 7) is 3.86. The van der Waals surface area contributed by atoms with Crippen LogP contribution in [0.1, 0.15) is 37.6 Å². The van der Waals surface area contributed by atoms with Crippen molar-refractivity contribution in [3.05, 3.63) is 34.9 Å². The molecular weight excluding hydrogens is 433 g/mol. The van der Waals surface area contributed by atoms with E-state index in [-0.39, 0.29) is 15.6 Å². The Hall–Kier alpha value is -1.88. The lowest BCUT2D eigenvalue weighted by molar-refractivity contribution is -0.336. The molecule has 0 saturated heterocycles. The fraction of sp³-hybridized carbons (Fsp3) is 0.529. The van der Waals surface area contributed by atoms with E-state index in [1.165, 1.54) is 32.9 Å². The molecule has 0 fully saturated rings. The van der Waals surface area contributed by atoms with Gasteiger partial charge in [0.25, 0.3) is 5.91 Å². The molecule has 0 aromatic heterocycles. The molecule has 1 aliphatic heterocycles. The fourth-order valence-electron chi connectivity index (χ4n) is 2.59. The van der Waals surface area contributed by atoms with Crippen LogP contribution in [-0.2, 0) is 0 Å². The zero-order valence-corrected chi connectivity index (χ0v) is 16.0. The molecule has 0 aliphatic carbocycles. The average Bonchev–Trinajstić information content (AvgIpc) is 2.93. The van der Waals surface area contributed by atoms with E-state index >= 15 is 0 Å². The quantitative estimate of drug-likeness (QED) is 0.653. The number of nitrogens with zero attached hydrogens (tertiary/aromatic N) is 2. The average molecular weight is 449 g/mol. The van der Waals surface area contributed by atoms with Gasteiger partial charge in [-0.15, -0.1) is 0 Å². The first-order valence-corrected chi connectivity index (χ1v) is 8.47. The van der Waals surface area contributed by atoms with Crippen molar-refractivity contribution in [2.24, 2.45) is 10.5 Å². The minimum Gasteiger partial charge on any atom is -0.368 e. The van der Waals surface area contributed by atoms with E-state index in [2.05, 4.69) is 5.10 Å². The normalized spacial score (nSPS) is 21.4. The number of rotatable bonds is 3. The van der Waals surface area contributed by atoms with E-state index < -0.39 is 47.2 Å². The van der Waals surface area contributed by atoms with Gasteiger partial charge in [0.1, 0.15) is 5.71 Å². The number of benzene rings is 1. The highest BCUT2D eigenvalue weighted by atomic mass is 35.5. The summed E-state index contributed by atoms with van der Waals surface area (Å²) in [4.78, 5) is 12.7. The monoisotopic (exact) mass is 448 g/mol. The van der Waals surface area contributed by atoms with Crippen molar-refractivity contribution in [1.29, 1.82) is 0 Å². The number of carbonyl (C=O) groups is 1. The molecule has 0 radical (unpaired) electrons. The molecular formula is C17H16ClF7N2O2. The number of alkyl halides is 7. The number of amides is 1. The highest BCUT2D eigenvalue weighted by molar-refractivity contribution is 6.30. The van der Waals surface area contributed by atoms with Crippen molar-refractivity contribution in [1.82, 2.24) is 5.01 Å². The number of carbonyl (C=O) groups excluding carboxylic acids is 1. The molecule has 1 unspecified atom stereocenters. The molecule has 1 aromatic carbocycles. The van der Waals surface area contributed by atoms with E-state index in [4.69, 9.17) is 11.6 Å². The Kier molecular flexibility index (Phi) is 5.51. The summed E-state index contributed by atoms with van der Waals surface area (Å²) < 4.78 is 92.8. The molecule has 1 amide bonds. The van der Waals surface area contributed by atoms with E-state index in [1.54, 1.807) is 0 Å². The van der Waals surface area contributed by atoms with Gasteiger partial charge >= 0.3 is 18.0 Å². The third kappa shape index (κ3) is 3.70. The predicted molar refractivity (Wildman–Crippen MR) is 90.0 cm³/mol. The van der Waals surface area contributed by atoms with Gasteiger partial charge < -0.3 is 5.11 Å². The fourth-order valence-corrected chi connectivity index (χ4v) is 2.72. The smallest absolute Gasteiger partial charge is 0.368 e. The molecule has 29 heavy (non-hydrogen) atoms. The molecule has 0 spiro atoms.